The minimum absolute atomic E-state index is 0.166. The smallest absolute Gasteiger partial charge is 0.305 e. The van der Waals surface area contributed by atoms with Crippen molar-refractivity contribution in [1.29, 1.82) is 0 Å². The fourth-order valence-corrected chi connectivity index (χ4v) is 3.03. The number of methoxy groups -OCH3 is 1. The lowest BCUT2D eigenvalue weighted by Gasteiger charge is -2.12. The number of carbonyl (C=O) groups is 1. The first-order chi connectivity index (χ1) is 11.6. The van der Waals surface area contributed by atoms with Crippen LogP contribution in [0, 0.1) is 0 Å². The lowest BCUT2D eigenvalue weighted by Crippen LogP contribution is -2.38. The number of carbonyl (C=O) groups excluding carboxylic acids is 1. The van der Waals surface area contributed by atoms with Crippen molar-refractivity contribution in [3.63, 3.8) is 0 Å². The Hall–Kier alpha value is -1.31. The zero-order chi connectivity index (χ0) is 17.8. The quantitative estimate of drug-likeness (QED) is 0.253. The Morgan fingerprint density at radius 1 is 1.38 bits per heavy atom. The first-order valence-corrected chi connectivity index (χ1v) is 9.28. The molecule has 0 amide bonds. The molecule has 0 spiro atoms. The van der Waals surface area contributed by atoms with E-state index in [-0.39, 0.29) is 12.5 Å². The van der Waals surface area contributed by atoms with Crippen LogP contribution in [0.4, 0.5) is 0 Å². The molecule has 1 aromatic heterocycles. The SMILES string of the molecule is CCNC(=NCC(O)c1ccc(Cl)s1)NCCCCCC(=O)OC. The largest absolute Gasteiger partial charge is 0.469 e. The highest BCUT2D eigenvalue weighted by Crippen LogP contribution is 2.26. The van der Waals surface area contributed by atoms with Crippen LogP contribution < -0.4 is 10.6 Å². The van der Waals surface area contributed by atoms with Crippen molar-refractivity contribution in [2.45, 2.75) is 38.7 Å². The van der Waals surface area contributed by atoms with E-state index in [4.69, 9.17) is 11.6 Å². The van der Waals surface area contributed by atoms with Gasteiger partial charge in [0.15, 0.2) is 5.96 Å². The van der Waals surface area contributed by atoms with Gasteiger partial charge in [-0.15, -0.1) is 11.3 Å². The van der Waals surface area contributed by atoms with Gasteiger partial charge in [-0.05, 0) is 31.9 Å². The summed E-state index contributed by atoms with van der Waals surface area (Å²) < 4.78 is 5.26. The number of nitrogens with one attached hydrogen (secondary N) is 2. The van der Waals surface area contributed by atoms with Crippen molar-refractivity contribution in [2.75, 3.05) is 26.7 Å². The summed E-state index contributed by atoms with van der Waals surface area (Å²) >= 11 is 7.23. The predicted molar refractivity (Wildman–Crippen MR) is 98.8 cm³/mol. The topological polar surface area (TPSA) is 83.0 Å². The monoisotopic (exact) mass is 375 g/mol. The van der Waals surface area contributed by atoms with E-state index in [1.165, 1.54) is 18.4 Å². The number of guanidine groups is 1. The van der Waals surface area contributed by atoms with E-state index in [9.17, 15) is 9.90 Å². The van der Waals surface area contributed by atoms with Gasteiger partial charge in [0.1, 0.15) is 6.10 Å². The van der Waals surface area contributed by atoms with Crippen molar-refractivity contribution in [3.8, 4) is 0 Å². The van der Waals surface area contributed by atoms with Gasteiger partial charge in [-0.1, -0.05) is 18.0 Å². The minimum Gasteiger partial charge on any atom is -0.469 e. The normalized spacial score (nSPS) is 12.8. The Morgan fingerprint density at radius 3 is 2.79 bits per heavy atom. The van der Waals surface area contributed by atoms with Crippen molar-refractivity contribution in [2.24, 2.45) is 4.99 Å². The van der Waals surface area contributed by atoms with Gasteiger partial charge < -0.3 is 20.5 Å². The van der Waals surface area contributed by atoms with Gasteiger partial charge in [0.05, 0.1) is 18.0 Å². The van der Waals surface area contributed by atoms with Gasteiger partial charge in [0.25, 0.3) is 0 Å². The molecule has 1 aromatic rings. The summed E-state index contributed by atoms with van der Waals surface area (Å²) in [5.41, 5.74) is 0. The van der Waals surface area contributed by atoms with Crippen LogP contribution >= 0.6 is 22.9 Å². The summed E-state index contributed by atoms with van der Waals surface area (Å²) in [6.07, 6.45) is 2.50. The van der Waals surface area contributed by atoms with Gasteiger partial charge in [0.2, 0.25) is 0 Å². The highest BCUT2D eigenvalue weighted by atomic mass is 35.5. The Labute approximate surface area is 152 Å². The molecule has 8 heteroatoms. The van der Waals surface area contributed by atoms with Gasteiger partial charge in [-0.3, -0.25) is 9.79 Å². The van der Waals surface area contributed by atoms with Crippen molar-refractivity contribution >= 4 is 34.9 Å². The molecule has 0 aliphatic heterocycles. The van der Waals surface area contributed by atoms with E-state index in [0.717, 1.165) is 37.2 Å². The maximum Gasteiger partial charge on any atom is 0.305 e. The third-order valence-electron chi connectivity index (χ3n) is 3.27. The minimum atomic E-state index is -0.655. The number of unbranched alkanes of at least 4 members (excludes halogenated alkanes) is 2. The van der Waals surface area contributed by atoms with Crippen LogP contribution in [0.1, 0.15) is 43.6 Å². The molecule has 24 heavy (non-hydrogen) atoms. The number of nitrogens with zero attached hydrogens (tertiary/aromatic N) is 1. The molecule has 3 N–H and O–H groups in total. The third kappa shape index (κ3) is 8.52. The van der Waals surface area contributed by atoms with E-state index >= 15 is 0 Å². The molecule has 0 saturated heterocycles. The van der Waals surface area contributed by atoms with Crippen LogP contribution in [0.25, 0.3) is 0 Å². The maximum atomic E-state index is 11.0. The molecular formula is C16H26ClN3O3S. The number of hydrogen-bond acceptors (Lipinski definition) is 5. The van der Waals surface area contributed by atoms with Crippen LogP contribution in [0.2, 0.25) is 4.34 Å². The van der Waals surface area contributed by atoms with E-state index in [2.05, 4.69) is 20.4 Å². The van der Waals surface area contributed by atoms with Crippen LogP contribution in [0.15, 0.2) is 17.1 Å². The molecule has 1 rings (SSSR count). The van der Waals surface area contributed by atoms with E-state index in [1.54, 1.807) is 6.07 Å². The fourth-order valence-electron chi connectivity index (χ4n) is 2.00. The number of aliphatic hydroxyl groups is 1. The molecule has 136 valence electrons. The van der Waals surface area contributed by atoms with Crippen LogP contribution in [-0.4, -0.2) is 43.8 Å². The van der Waals surface area contributed by atoms with Gasteiger partial charge >= 0.3 is 5.97 Å². The molecule has 0 radical (unpaired) electrons. The molecule has 6 nitrogen and oxygen atoms in total. The second-order valence-electron chi connectivity index (χ2n) is 5.19. The summed E-state index contributed by atoms with van der Waals surface area (Å²) in [6, 6.07) is 3.58. The number of esters is 1. The highest BCUT2D eigenvalue weighted by molar-refractivity contribution is 7.16. The van der Waals surface area contributed by atoms with Crippen molar-refractivity contribution in [1.82, 2.24) is 10.6 Å². The number of thiophene rings is 1. The van der Waals surface area contributed by atoms with E-state index < -0.39 is 6.10 Å². The molecule has 0 aliphatic carbocycles. The van der Waals surface area contributed by atoms with E-state index in [0.29, 0.717) is 16.7 Å². The van der Waals surface area contributed by atoms with Crippen molar-refractivity contribution in [3.05, 3.63) is 21.3 Å². The maximum absolute atomic E-state index is 11.0. The number of ether oxygens (including phenoxy) is 1. The van der Waals surface area contributed by atoms with Crippen LogP contribution in [0.3, 0.4) is 0 Å². The first-order valence-electron chi connectivity index (χ1n) is 8.09. The average molecular weight is 376 g/mol. The number of aliphatic imine (C=N–C) groups is 1. The van der Waals surface area contributed by atoms with Crippen molar-refractivity contribution < 1.29 is 14.6 Å². The molecule has 1 heterocycles. The summed E-state index contributed by atoms with van der Waals surface area (Å²) in [7, 11) is 1.40. The highest BCUT2D eigenvalue weighted by Gasteiger charge is 2.10. The third-order valence-corrected chi connectivity index (χ3v) is 4.60. The Morgan fingerprint density at radius 2 is 2.17 bits per heavy atom. The van der Waals surface area contributed by atoms with Gasteiger partial charge in [0, 0.05) is 24.4 Å². The Kier molecular flexibility index (Phi) is 10.5. The standard InChI is InChI=1S/C16H26ClN3O3S/c1-3-18-16(19-10-6-4-5-7-15(22)23-2)20-11-12(21)13-8-9-14(17)24-13/h8-9,12,21H,3-7,10-11H2,1-2H3,(H2,18,19,20). The van der Waals surface area contributed by atoms with Crippen LogP contribution in [0.5, 0.6) is 0 Å². The van der Waals surface area contributed by atoms with Gasteiger partial charge in [-0.2, -0.15) is 0 Å². The summed E-state index contributed by atoms with van der Waals surface area (Å²) in [5.74, 6) is 0.507. The molecular weight excluding hydrogens is 350 g/mol. The molecule has 0 bridgehead atoms. The predicted octanol–water partition coefficient (Wildman–Crippen LogP) is 2.72. The number of aliphatic hydroxyl groups excluding tert-OH is 1. The second kappa shape index (κ2) is 12.1. The summed E-state index contributed by atoms with van der Waals surface area (Å²) in [6.45, 7) is 3.76. The fraction of sp³-hybridized carbons (Fsp3) is 0.625. The zero-order valence-electron chi connectivity index (χ0n) is 14.2. The number of halogens is 1. The number of rotatable bonds is 10. The Balaban J connectivity index is 2.30. The molecule has 1 unspecified atom stereocenters. The lowest BCUT2D eigenvalue weighted by molar-refractivity contribution is -0.140. The second-order valence-corrected chi connectivity index (χ2v) is 6.94. The molecule has 1 atom stereocenters. The molecule has 0 aliphatic rings. The number of hydrogen-bond donors (Lipinski definition) is 3. The van der Waals surface area contributed by atoms with E-state index in [1.807, 2.05) is 13.0 Å². The molecule has 0 fully saturated rings. The average Bonchev–Trinajstić information content (AvgIpc) is 3.01. The van der Waals surface area contributed by atoms with Gasteiger partial charge in [-0.25, -0.2) is 0 Å². The lowest BCUT2D eigenvalue weighted by atomic mass is 10.2. The first kappa shape index (κ1) is 20.7. The Bertz CT molecular complexity index is 522. The summed E-state index contributed by atoms with van der Waals surface area (Å²) in [5, 5.41) is 16.5. The molecule has 0 aromatic carbocycles. The zero-order valence-corrected chi connectivity index (χ0v) is 15.8. The van der Waals surface area contributed by atoms with Crippen LogP contribution in [-0.2, 0) is 9.53 Å². The molecule has 0 saturated carbocycles. The summed E-state index contributed by atoms with van der Waals surface area (Å²) in [4.78, 5) is 16.2.